The smallest absolute Gasteiger partial charge is 0.748 e. The molecular formula is C6H18Mg3O18S6. The van der Waals surface area contributed by atoms with Crippen molar-refractivity contribution in [2.45, 2.75) is 0 Å². The first-order chi connectivity index (χ1) is 12.0. The first-order valence-corrected chi connectivity index (χ1v) is 16.3. The third kappa shape index (κ3) is 11000. The SMILES string of the molecule is CS(=O)(=O)[O-].CS(=O)(=O)[O-].CS(=O)(=O)[O-].CS(=O)(=O)[O-].CS(=O)(=O)[O-].CS(=O)(=O)[O-].[Mg+2].[Mg+2].[Mg+2]. The average Bonchev–Trinajstić information content (AvgIpc) is 1.94. The van der Waals surface area contributed by atoms with Crippen molar-refractivity contribution >= 4 is 130 Å². The van der Waals surface area contributed by atoms with Gasteiger partial charge in [-0.3, -0.25) is 0 Å². The molecule has 192 valence electrons. The van der Waals surface area contributed by atoms with E-state index in [0.29, 0.717) is 37.5 Å². The third-order valence-electron chi connectivity index (χ3n) is 0. The molecule has 0 saturated carbocycles. The largest absolute Gasteiger partial charge is 2.00 e. The van der Waals surface area contributed by atoms with Crippen molar-refractivity contribution in [3.05, 3.63) is 0 Å². The summed E-state index contributed by atoms with van der Waals surface area (Å²) in [7, 11) is -23.5. The summed E-state index contributed by atoms with van der Waals surface area (Å²) >= 11 is 0. The van der Waals surface area contributed by atoms with Crippen LogP contribution in [0.5, 0.6) is 0 Å². The van der Waals surface area contributed by atoms with Gasteiger partial charge in [0, 0.05) is 37.5 Å². The van der Waals surface area contributed by atoms with Crippen LogP contribution in [0.4, 0.5) is 0 Å². The molecule has 0 unspecified atom stereocenters. The molecule has 0 aromatic heterocycles. The molecule has 0 aliphatic carbocycles. The molecule has 0 atom stereocenters. The van der Waals surface area contributed by atoms with Gasteiger partial charge in [-0.1, -0.05) is 0 Å². The standard InChI is InChI=1S/6CH4O3S.3Mg/c6*1-5(2,3)4;;;/h6*1H3,(H,2,3,4);;;/q;;;;;;3*+2/p-6. The van der Waals surface area contributed by atoms with Gasteiger partial charge in [0.1, 0.15) is 0 Å². The molecule has 0 rings (SSSR count). The molecule has 0 aliphatic heterocycles. The van der Waals surface area contributed by atoms with Crippen molar-refractivity contribution in [3.8, 4) is 0 Å². The molecule has 0 N–H and O–H groups in total. The fourth-order valence-corrected chi connectivity index (χ4v) is 0. The van der Waals surface area contributed by atoms with Crippen molar-refractivity contribution in [1.82, 2.24) is 0 Å². The fourth-order valence-electron chi connectivity index (χ4n) is 0. The van der Waals surface area contributed by atoms with Gasteiger partial charge in [-0.05, 0) is 0 Å². The van der Waals surface area contributed by atoms with E-state index in [1.165, 1.54) is 0 Å². The maximum Gasteiger partial charge on any atom is 2.00 e. The minimum atomic E-state index is -3.92. The molecule has 33 heavy (non-hydrogen) atoms. The zero-order valence-electron chi connectivity index (χ0n) is 17.9. The van der Waals surface area contributed by atoms with Crippen LogP contribution in [-0.4, -0.2) is 185 Å². The van der Waals surface area contributed by atoms with Crippen LogP contribution in [0.15, 0.2) is 0 Å². The van der Waals surface area contributed by atoms with Gasteiger partial charge in [0.15, 0.2) is 0 Å². The van der Waals surface area contributed by atoms with Gasteiger partial charge < -0.3 is 27.3 Å². The maximum absolute atomic E-state index is 9.08. The van der Waals surface area contributed by atoms with Crippen LogP contribution in [0, 0.1) is 0 Å². The Labute approximate surface area is 242 Å². The number of rotatable bonds is 0. The summed E-state index contributed by atoms with van der Waals surface area (Å²) < 4.78 is 163. The van der Waals surface area contributed by atoms with E-state index in [1.54, 1.807) is 0 Å². The fraction of sp³-hybridized carbons (Fsp3) is 1.00. The van der Waals surface area contributed by atoms with Crippen molar-refractivity contribution in [3.63, 3.8) is 0 Å². The number of hydrogen-bond donors (Lipinski definition) is 0. The summed E-state index contributed by atoms with van der Waals surface area (Å²) in [5.74, 6) is 0. The van der Waals surface area contributed by atoms with Gasteiger partial charge in [-0.15, -0.1) is 0 Å². The van der Waals surface area contributed by atoms with Crippen LogP contribution in [0.25, 0.3) is 0 Å². The molecule has 0 aromatic carbocycles. The van der Waals surface area contributed by atoms with E-state index in [-0.39, 0.29) is 69.2 Å². The van der Waals surface area contributed by atoms with E-state index in [0.717, 1.165) is 0 Å². The molecule has 0 radical (unpaired) electrons. The summed E-state index contributed by atoms with van der Waals surface area (Å²) in [6, 6.07) is 0. The van der Waals surface area contributed by atoms with Crippen LogP contribution >= 0.6 is 0 Å². The first-order valence-electron chi connectivity index (χ1n) is 5.45. The van der Waals surface area contributed by atoms with Gasteiger partial charge in [-0.25, -0.2) is 50.5 Å². The Hall–Kier alpha value is 1.76. The Balaban J connectivity index is -0.0000000294. The monoisotopic (exact) mass is 642 g/mol. The Kier molecular flexibility index (Phi) is 46.0. The van der Waals surface area contributed by atoms with Gasteiger partial charge in [0.25, 0.3) is 0 Å². The predicted molar refractivity (Wildman–Crippen MR) is 111 cm³/mol. The Bertz CT molecular complexity index is 788. The molecule has 18 nitrogen and oxygen atoms in total. The molecule has 0 bridgehead atoms. The van der Waals surface area contributed by atoms with Gasteiger partial charge in [0.05, 0.1) is 60.7 Å². The molecule has 0 saturated heterocycles. The Morgan fingerprint density at radius 2 is 0.273 bits per heavy atom. The van der Waals surface area contributed by atoms with Crippen molar-refractivity contribution in [1.29, 1.82) is 0 Å². The second kappa shape index (κ2) is 25.4. The molecule has 0 aromatic rings. The van der Waals surface area contributed by atoms with Crippen molar-refractivity contribution < 1.29 is 77.8 Å². The van der Waals surface area contributed by atoms with E-state index in [9.17, 15) is 0 Å². The Morgan fingerprint density at radius 1 is 0.273 bits per heavy atom. The maximum atomic E-state index is 9.08. The van der Waals surface area contributed by atoms with Gasteiger partial charge in [-0.2, -0.15) is 0 Å². The second-order valence-corrected chi connectivity index (χ2v) is 12.7. The molecule has 27 heteroatoms. The quantitative estimate of drug-likeness (QED) is 0.175. The van der Waals surface area contributed by atoms with E-state index in [1.807, 2.05) is 0 Å². The van der Waals surface area contributed by atoms with E-state index in [4.69, 9.17) is 77.8 Å². The minimum Gasteiger partial charge on any atom is -0.748 e. The molecule has 0 aliphatic rings. The second-order valence-electron chi connectivity index (χ2n) is 4.22. The summed E-state index contributed by atoms with van der Waals surface area (Å²) in [5, 5.41) is 0. The van der Waals surface area contributed by atoms with E-state index in [2.05, 4.69) is 0 Å². The van der Waals surface area contributed by atoms with Crippen molar-refractivity contribution in [2.24, 2.45) is 0 Å². The summed E-state index contributed by atoms with van der Waals surface area (Å²) in [4.78, 5) is 0. The summed E-state index contributed by atoms with van der Waals surface area (Å²) in [6.45, 7) is 0. The van der Waals surface area contributed by atoms with Crippen LogP contribution < -0.4 is 0 Å². The molecule has 0 amide bonds. The van der Waals surface area contributed by atoms with Crippen LogP contribution in [0.3, 0.4) is 0 Å². The third-order valence-corrected chi connectivity index (χ3v) is 0. The Morgan fingerprint density at radius 3 is 0.273 bits per heavy atom. The minimum absolute atomic E-state index is 0. The van der Waals surface area contributed by atoms with Crippen LogP contribution in [0.2, 0.25) is 0 Å². The molecule has 0 spiro atoms. The normalized spacial score (nSPS) is 10.5. The molecule has 0 heterocycles. The average molecular weight is 644 g/mol. The molecule has 0 fully saturated rings. The topological polar surface area (TPSA) is 343 Å². The zero-order chi connectivity index (χ0) is 27.0. The van der Waals surface area contributed by atoms with Gasteiger partial charge in [0.2, 0.25) is 0 Å². The van der Waals surface area contributed by atoms with Gasteiger partial charge >= 0.3 is 69.2 Å². The summed E-state index contributed by atoms with van der Waals surface area (Å²) in [5.41, 5.74) is 0. The number of hydrogen-bond acceptors (Lipinski definition) is 18. The van der Waals surface area contributed by atoms with Crippen molar-refractivity contribution in [2.75, 3.05) is 37.5 Å². The van der Waals surface area contributed by atoms with Crippen LogP contribution in [-0.2, 0) is 60.7 Å². The summed E-state index contributed by atoms with van der Waals surface area (Å²) in [6.07, 6.45) is 3.62. The zero-order valence-corrected chi connectivity index (χ0v) is 27.1. The predicted octanol–water partition coefficient (Wildman–Crippen LogP) is -6.17. The molecular weight excluding hydrogens is 625 g/mol. The van der Waals surface area contributed by atoms with E-state index >= 15 is 0 Å². The van der Waals surface area contributed by atoms with E-state index < -0.39 is 60.7 Å². The van der Waals surface area contributed by atoms with Crippen LogP contribution in [0.1, 0.15) is 0 Å². The first kappa shape index (κ1) is 59.7.